The van der Waals surface area contributed by atoms with Gasteiger partial charge in [0.15, 0.2) is 5.52 Å². The Bertz CT molecular complexity index is 1330. The van der Waals surface area contributed by atoms with Gasteiger partial charge in [-0.2, -0.15) is 4.98 Å². The molecule has 0 atom stereocenters. The molecule has 2 aromatic heterocycles. The third kappa shape index (κ3) is 4.23. The molecule has 0 radical (unpaired) electrons. The lowest BCUT2D eigenvalue weighted by atomic mass is 10.0. The van der Waals surface area contributed by atoms with Gasteiger partial charge in [-0.05, 0) is 68.3 Å². The van der Waals surface area contributed by atoms with Crippen molar-refractivity contribution in [2.75, 3.05) is 10.6 Å². The SMILES string of the molecule is Cc1ccc(NC(=O)C2(C(=O)Nc3ccc(Oc4ncnc5cccnc45)cc3)CC2)cc1. The van der Waals surface area contributed by atoms with Gasteiger partial charge in [-0.3, -0.25) is 9.59 Å². The zero-order valence-corrected chi connectivity index (χ0v) is 17.9. The number of aromatic nitrogens is 3. The number of hydrogen-bond acceptors (Lipinski definition) is 6. The summed E-state index contributed by atoms with van der Waals surface area (Å²) >= 11 is 0. The Hall–Kier alpha value is -4.33. The van der Waals surface area contributed by atoms with E-state index in [4.69, 9.17) is 4.74 Å². The monoisotopic (exact) mass is 439 g/mol. The molecular weight excluding hydrogens is 418 g/mol. The highest BCUT2D eigenvalue weighted by Gasteiger charge is 2.56. The van der Waals surface area contributed by atoms with Gasteiger partial charge in [0.25, 0.3) is 0 Å². The molecule has 0 bridgehead atoms. The molecule has 2 aromatic carbocycles. The van der Waals surface area contributed by atoms with Crippen LogP contribution in [0, 0.1) is 12.3 Å². The average molecular weight is 439 g/mol. The van der Waals surface area contributed by atoms with Gasteiger partial charge in [0.05, 0.1) is 5.52 Å². The summed E-state index contributed by atoms with van der Waals surface area (Å²) in [7, 11) is 0. The van der Waals surface area contributed by atoms with Crippen molar-refractivity contribution >= 4 is 34.2 Å². The predicted octanol–water partition coefficient (Wildman–Crippen LogP) is 4.48. The van der Waals surface area contributed by atoms with Gasteiger partial charge >= 0.3 is 0 Å². The molecule has 0 saturated heterocycles. The number of hydrogen-bond donors (Lipinski definition) is 2. The van der Waals surface area contributed by atoms with Crippen LogP contribution >= 0.6 is 0 Å². The zero-order valence-electron chi connectivity index (χ0n) is 17.9. The van der Waals surface area contributed by atoms with Crippen molar-refractivity contribution in [3.63, 3.8) is 0 Å². The molecule has 0 unspecified atom stereocenters. The standard InChI is InChI=1S/C25H21N5O3/c1-16-4-6-17(7-5-16)29-23(31)25(12-13-25)24(32)30-18-8-10-19(11-9-18)33-22-21-20(27-15-28-22)3-2-14-26-21/h2-11,14-15H,12-13H2,1H3,(H,29,31)(H,30,32). The van der Waals surface area contributed by atoms with Crippen LogP contribution in [0.4, 0.5) is 11.4 Å². The van der Waals surface area contributed by atoms with Crippen molar-refractivity contribution in [2.45, 2.75) is 19.8 Å². The van der Waals surface area contributed by atoms with Gasteiger partial charge in [-0.1, -0.05) is 17.7 Å². The summed E-state index contributed by atoms with van der Waals surface area (Å²) < 4.78 is 5.85. The first-order valence-corrected chi connectivity index (χ1v) is 10.6. The normalized spacial score (nSPS) is 13.8. The van der Waals surface area contributed by atoms with Crippen LogP contribution < -0.4 is 15.4 Å². The topological polar surface area (TPSA) is 106 Å². The van der Waals surface area contributed by atoms with E-state index in [1.165, 1.54) is 6.33 Å². The van der Waals surface area contributed by atoms with Crippen LogP contribution in [0.5, 0.6) is 11.6 Å². The first-order chi connectivity index (χ1) is 16.0. The van der Waals surface area contributed by atoms with Gasteiger partial charge in [0.2, 0.25) is 17.7 Å². The fourth-order valence-electron chi connectivity index (χ4n) is 3.48. The Morgan fingerprint density at radius 2 is 1.48 bits per heavy atom. The predicted molar refractivity (Wildman–Crippen MR) is 124 cm³/mol. The Morgan fingerprint density at radius 3 is 2.12 bits per heavy atom. The molecule has 1 aliphatic carbocycles. The van der Waals surface area contributed by atoms with Crippen LogP contribution in [0.15, 0.2) is 73.2 Å². The highest BCUT2D eigenvalue weighted by atomic mass is 16.5. The van der Waals surface area contributed by atoms with E-state index >= 15 is 0 Å². The Morgan fingerprint density at radius 1 is 0.848 bits per heavy atom. The zero-order chi connectivity index (χ0) is 22.8. The smallest absolute Gasteiger partial charge is 0.249 e. The summed E-state index contributed by atoms with van der Waals surface area (Å²) in [5.41, 5.74) is 2.57. The molecule has 164 valence electrons. The molecule has 2 heterocycles. The molecular formula is C25H21N5O3. The number of anilines is 2. The van der Waals surface area contributed by atoms with E-state index in [0.29, 0.717) is 46.9 Å². The Labute approximate surface area is 190 Å². The van der Waals surface area contributed by atoms with Crippen molar-refractivity contribution in [3.05, 3.63) is 78.8 Å². The van der Waals surface area contributed by atoms with E-state index in [1.54, 1.807) is 36.5 Å². The van der Waals surface area contributed by atoms with Gasteiger partial charge in [-0.25, -0.2) is 9.97 Å². The Kier molecular flexibility index (Phi) is 5.18. The summed E-state index contributed by atoms with van der Waals surface area (Å²) in [6.45, 7) is 1.98. The molecule has 2 N–H and O–H groups in total. The van der Waals surface area contributed by atoms with Crippen molar-refractivity contribution in [1.82, 2.24) is 15.0 Å². The van der Waals surface area contributed by atoms with E-state index < -0.39 is 5.41 Å². The third-order valence-corrected chi connectivity index (χ3v) is 5.62. The average Bonchev–Trinajstić information content (AvgIpc) is 3.65. The molecule has 0 aliphatic heterocycles. The lowest BCUT2D eigenvalue weighted by Crippen LogP contribution is -2.35. The lowest BCUT2D eigenvalue weighted by Gasteiger charge is -2.16. The molecule has 2 amide bonds. The lowest BCUT2D eigenvalue weighted by molar-refractivity contribution is -0.131. The number of amides is 2. The Balaban J connectivity index is 1.25. The van der Waals surface area contributed by atoms with E-state index in [2.05, 4.69) is 25.6 Å². The molecule has 1 fully saturated rings. The minimum atomic E-state index is -1.04. The first-order valence-electron chi connectivity index (χ1n) is 10.6. The summed E-state index contributed by atoms with van der Waals surface area (Å²) in [6.07, 6.45) is 4.11. The van der Waals surface area contributed by atoms with Crippen LogP contribution in [-0.4, -0.2) is 26.8 Å². The van der Waals surface area contributed by atoms with Crippen LogP contribution in [0.1, 0.15) is 18.4 Å². The number of pyridine rings is 1. The van der Waals surface area contributed by atoms with Crippen LogP contribution in [0.25, 0.3) is 11.0 Å². The largest absolute Gasteiger partial charge is 0.437 e. The number of fused-ring (bicyclic) bond motifs is 1. The van der Waals surface area contributed by atoms with Crippen LogP contribution in [0.2, 0.25) is 0 Å². The third-order valence-electron chi connectivity index (χ3n) is 5.62. The quantitative estimate of drug-likeness (QED) is 0.429. The number of ether oxygens (including phenoxy) is 1. The van der Waals surface area contributed by atoms with E-state index in [9.17, 15) is 9.59 Å². The van der Waals surface area contributed by atoms with Gasteiger partial charge in [-0.15, -0.1) is 0 Å². The first kappa shape index (κ1) is 20.6. The molecule has 0 spiro atoms. The maximum atomic E-state index is 12.9. The van der Waals surface area contributed by atoms with Crippen molar-refractivity contribution < 1.29 is 14.3 Å². The number of nitrogens with zero attached hydrogens (tertiary/aromatic N) is 3. The molecule has 8 heteroatoms. The van der Waals surface area contributed by atoms with Crippen molar-refractivity contribution in [1.29, 1.82) is 0 Å². The van der Waals surface area contributed by atoms with Gasteiger partial charge in [0.1, 0.15) is 17.5 Å². The summed E-state index contributed by atoms with van der Waals surface area (Å²) in [4.78, 5) is 38.3. The van der Waals surface area contributed by atoms with Crippen LogP contribution in [0.3, 0.4) is 0 Å². The molecule has 5 rings (SSSR count). The molecule has 1 aliphatic rings. The number of aryl methyl sites for hydroxylation is 1. The second-order valence-corrected chi connectivity index (χ2v) is 8.03. The second kappa shape index (κ2) is 8.31. The molecule has 33 heavy (non-hydrogen) atoms. The highest BCUT2D eigenvalue weighted by Crippen LogP contribution is 2.47. The minimum Gasteiger partial charge on any atom is -0.437 e. The van der Waals surface area contributed by atoms with E-state index in [-0.39, 0.29) is 11.8 Å². The van der Waals surface area contributed by atoms with Gasteiger partial charge in [0, 0.05) is 17.6 Å². The maximum Gasteiger partial charge on any atom is 0.249 e. The fourth-order valence-corrected chi connectivity index (χ4v) is 3.48. The minimum absolute atomic E-state index is 0.285. The van der Waals surface area contributed by atoms with Crippen molar-refractivity contribution in [2.24, 2.45) is 5.41 Å². The number of carbonyl (C=O) groups excluding carboxylic acids is 2. The van der Waals surface area contributed by atoms with E-state index in [1.807, 2.05) is 37.3 Å². The summed E-state index contributed by atoms with van der Waals surface area (Å²) in [6, 6.07) is 18.0. The fraction of sp³-hybridized carbons (Fsp3) is 0.160. The summed E-state index contributed by atoms with van der Waals surface area (Å²) in [5.74, 6) is 0.290. The van der Waals surface area contributed by atoms with E-state index in [0.717, 1.165) is 5.56 Å². The van der Waals surface area contributed by atoms with Gasteiger partial charge < -0.3 is 15.4 Å². The summed E-state index contributed by atoms with van der Waals surface area (Å²) in [5, 5.41) is 5.70. The number of benzene rings is 2. The highest BCUT2D eigenvalue weighted by molar-refractivity contribution is 6.16. The number of nitrogens with one attached hydrogen (secondary N) is 2. The van der Waals surface area contributed by atoms with Crippen molar-refractivity contribution in [3.8, 4) is 11.6 Å². The molecule has 4 aromatic rings. The van der Waals surface area contributed by atoms with Crippen LogP contribution in [-0.2, 0) is 9.59 Å². The molecule has 1 saturated carbocycles. The maximum absolute atomic E-state index is 12.9. The second-order valence-electron chi connectivity index (χ2n) is 8.03. The molecule has 8 nitrogen and oxygen atoms in total. The number of rotatable bonds is 6. The number of carbonyl (C=O) groups is 2.